The maximum Gasteiger partial charge on any atom is 0.257 e. The largest absolute Gasteiger partial charge is 0.383 e. The lowest BCUT2D eigenvalue weighted by Crippen LogP contribution is -2.25. The number of nitrogens with two attached hydrogens (primary N) is 2. The van der Waals surface area contributed by atoms with Gasteiger partial charge in [-0.2, -0.15) is 0 Å². The van der Waals surface area contributed by atoms with E-state index in [4.69, 9.17) is 11.6 Å². The van der Waals surface area contributed by atoms with E-state index in [0.29, 0.717) is 28.7 Å². The Morgan fingerprint density at radius 2 is 1.91 bits per heavy atom. The molecule has 0 aliphatic heterocycles. The van der Waals surface area contributed by atoms with Gasteiger partial charge in [-0.3, -0.25) is 4.79 Å². The van der Waals surface area contributed by atoms with Crippen LogP contribution in [-0.4, -0.2) is 27.1 Å². The molecule has 3 aromatic rings. The highest BCUT2D eigenvalue weighted by Crippen LogP contribution is 2.25. The molecule has 0 aliphatic rings. The van der Waals surface area contributed by atoms with Crippen molar-refractivity contribution in [1.82, 2.24) is 20.0 Å². The van der Waals surface area contributed by atoms with Gasteiger partial charge in [0, 0.05) is 6.54 Å². The van der Waals surface area contributed by atoms with Gasteiger partial charge in [-0.25, -0.2) is 14.6 Å². The molecule has 5 N–H and O–H groups in total. The van der Waals surface area contributed by atoms with Crippen LogP contribution in [0.3, 0.4) is 0 Å². The van der Waals surface area contributed by atoms with Gasteiger partial charge in [0.05, 0.1) is 11.0 Å². The van der Waals surface area contributed by atoms with Gasteiger partial charge >= 0.3 is 0 Å². The molecule has 3 rings (SSSR count). The number of anilines is 1. The average Bonchev–Trinajstić information content (AvgIpc) is 2.80. The number of nitrogens with zero attached hydrogens (tertiary/aromatic N) is 3. The predicted octanol–water partition coefficient (Wildman–Crippen LogP) is 1.80. The zero-order valence-corrected chi connectivity index (χ0v) is 13.0. The Morgan fingerprint density at radius 3 is 2.61 bits per heavy atom. The van der Waals surface area contributed by atoms with Crippen LogP contribution in [0, 0.1) is 0 Å². The summed E-state index contributed by atoms with van der Waals surface area (Å²) >= 11 is 0. The number of para-hydroxylation sites is 2. The Kier molecular flexibility index (Phi) is 4.01. The average molecular weight is 312 g/mol. The Hall–Kier alpha value is -2.83. The molecule has 2 heterocycles. The van der Waals surface area contributed by atoms with Crippen molar-refractivity contribution in [3.8, 4) is 0 Å². The van der Waals surface area contributed by atoms with Gasteiger partial charge in [0.15, 0.2) is 5.65 Å². The van der Waals surface area contributed by atoms with E-state index >= 15 is 0 Å². The molecule has 0 bridgehead atoms. The third kappa shape index (κ3) is 2.65. The van der Waals surface area contributed by atoms with Crippen LogP contribution in [0.5, 0.6) is 0 Å². The molecule has 1 amide bonds. The number of carbonyl (C=O) groups is 1. The molecular formula is C16H20N6O. The summed E-state index contributed by atoms with van der Waals surface area (Å²) in [5.74, 6) is 5.86. The molecule has 7 nitrogen and oxygen atoms in total. The maximum atomic E-state index is 12.5. The maximum absolute atomic E-state index is 12.5. The number of nitrogens with one attached hydrogen (secondary N) is 1. The number of rotatable bonds is 5. The van der Waals surface area contributed by atoms with Crippen molar-refractivity contribution in [1.29, 1.82) is 0 Å². The van der Waals surface area contributed by atoms with Gasteiger partial charge < -0.3 is 16.9 Å². The van der Waals surface area contributed by atoms with E-state index in [1.165, 1.54) is 4.68 Å². The molecule has 0 unspecified atom stereocenters. The first-order chi connectivity index (χ1) is 11.1. The van der Waals surface area contributed by atoms with Crippen LogP contribution >= 0.6 is 0 Å². The summed E-state index contributed by atoms with van der Waals surface area (Å²) in [6.07, 6.45) is 3.09. The highest BCUT2D eigenvalue weighted by Gasteiger charge is 2.22. The Morgan fingerprint density at radius 1 is 1.22 bits per heavy atom. The number of aromatic nitrogens is 3. The molecule has 2 aromatic heterocycles. The molecule has 7 heteroatoms. The summed E-state index contributed by atoms with van der Waals surface area (Å²) in [7, 11) is 0. The second-order valence-electron chi connectivity index (χ2n) is 5.48. The SMILES string of the molecule is CCCCCNC(=O)c1c(N)n(N)c2nc3ccccc3nc12. The van der Waals surface area contributed by atoms with E-state index in [9.17, 15) is 4.79 Å². The fraction of sp³-hybridized carbons (Fsp3) is 0.312. The molecular weight excluding hydrogens is 292 g/mol. The van der Waals surface area contributed by atoms with Gasteiger partial charge in [0.25, 0.3) is 5.91 Å². The molecule has 0 saturated heterocycles. The molecule has 0 aliphatic carbocycles. The van der Waals surface area contributed by atoms with Crippen molar-refractivity contribution in [2.45, 2.75) is 26.2 Å². The summed E-state index contributed by atoms with van der Waals surface area (Å²) in [6, 6.07) is 7.43. The van der Waals surface area contributed by atoms with Crippen LogP contribution in [0.4, 0.5) is 5.82 Å². The number of carbonyl (C=O) groups excluding carboxylic acids is 1. The minimum absolute atomic E-state index is 0.170. The second kappa shape index (κ2) is 6.12. The van der Waals surface area contributed by atoms with Gasteiger partial charge in [0.1, 0.15) is 16.9 Å². The highest BCUT2D eigenvalue weighted by molar-refractivity contribution is 6.10. The number of amides is 1. The first-order valence-corrected chi connectivity index (χ1v) is 7.73. The van der Waals surface area contributed by atoms with Gasteiger partial charge in [-0.15, -0.1) is 0 Å². The Bertz CT molecular complexity index is 870. The fourth-order valence-electron chi connectivity index (χ4n) is 2.57. The third-order valence-electron chi connectivity index (χ3n) is 3.83. The molecule has 0 spiro atoms. The van der Waals surface area contributed by atoms with Gasteiger partial charge in [0.2, 0.25) is 0 Å². The molecule has 1 aromatic carbocycles. The lowest BCUT2D eigenvalue weighted by Gasteiger charge is -2.04. The van der Waals surface area contributed by atoms with Crippen molar-refractivity contribution in [3.05, 3.63) is 29.8 Å². The Balaban J connectivity index is 2.03. The van der Waals surface area contributed by atoms with Crippen molar-refractivity contribution in [2.24, 2.45) is 0 Å². The van der Waals surface area contributed by atoms with E-state index in [2.05, 4.69) is 22.2 Å². The van der Waals surface area contributed by atoms with E-state index < -0.39 is 0 Å². The monoisotopic (exact) mass is 312 g/mol. The zero-order chi connectivity index (χ0) is 16.4. The number of hydrogen-bond donors (Lipinski definition) is 3. The van der Waals surface area contributed by atoms with E-state index in [1.54, 1.807) is 0 Å². The number of nitrogen functional groups attached to an aromatic ring is 2. The topological polar surface area (TPSA) is 112 Å². The predicted molar refractivity (Wildman–Crippen MR) is 91.5 cm³/mol. The zero-order valence-electron chi connectivity index (χ0n) is 13.0. The summed E-state index contributed by atoms with van der Waals surface area (Å²) in [5, 5.41) is 2.87. The van der Waals surface area contributed by atoms with Gasteiger partial charge in [-0.05, 0) is 18.6 Å². The van der Waals surface area contributed by atoms with Crippen molar-refractivity contribution in [3.63, 3.8) is 0 Å². The van der Waals surface area contributed by atoms with Crippen LogP contribution in [0.15, 0.2) is 24.3 Å². The van der Waals surface area contributed by atoms with Crippen molar-refractivity contribution >= 4 is 33.9 Å². The summed E-state index contributed by atoms with van der Waals surface area (Å²) < 4.78 is 1.22. The molecule has 0 atom stereocenters. The first kappa shape index (κ1) is 15.1. The van der Waals surface area contributed by atoms with Crippen LogP contribution in [0.25, 0.3) is 22.2 Å². The van der Waals surface area contributed by atoms with Crippen molar-refractivity contribution < 1.29 is 4.79 Å². The summed E-state index contributed by atoms with van der Waals surface area (Å²) in [6.45, 7) is 2.72. The number of unbranched alkanes of at least 4 members (excludes halogenated alkanes) is 2. The van der Waals surface area contributed by atoms with E-state index in [0.717, 1.165) is 19.3 Å². The lowest BCUT2D eigenvalue weighted by atomic mass is 10.2. The minimum Gasteiger partial charge on any atom is -0.383 e. The Labute approximate surface area is 133 Å². The van der Waals surface area contributed by atoms with E-state index in [-0.39, 0.29) is 17.3 Å². The number of benzene rings is 1. The van der Waals surface area contributed by atoms with Gasteiger partial charge in [-0.1, -0.05) is 31.9 Å². The van der Waals surface area contributed by atoms with Crippen LogP contribution in [0.1, 0.15) is 36.5 Å². The smallest absolute Gasteiger partial charge is 0.257 e. The molecule has 0 saturated carbocycles. The first-order valence-electron chi connectivity index (χ1n) is 7.73. The van der Waals surface area contributed by atoms with Crippen LogP contribution in [-0.2, 0) is 0 Å². The lowest BCUT2D eigenvalue weighted by molar-refractivity contribution is 0.0955. The molecule has 120 valence electrons. The third-order valence-corrected chi connectivity index (χ3v) is 3.83. The quantitative estimate of drug-likeness (QED) is 0.491. The van der Waals surface area contributed by atoms with E-state index in [1.807, 2.05) is 24.3 Å². The molecule has 0 fully saturated rings. The van der Waals surface area contributed by atoms with Crippen LogP contribution < -0.4 is 16.9 Å². The molecule has 23 heavy (non-hydrogen) atoms. The highest BCUT2D eigenvalue weighted by atomic mass is 16.1. The summed E-state index contributed by atoms with van der Waals surface area (Å²) in [4.78, 5) is 21.5. The fourth-order valence-corrected chi connectivity index (χ4v) is 2.57. The molecule has 0 radical (unpaired) electrons. The summed E-state index contributed by atoms with van der Waals surface area (Å²) in [5.41, 5.74) is 8.53. The normalized spacial score (nSPS) is 11.2. The van der Waals surface area contributed by atoms with Crippen molar-refractivity contribution in [2.75, 3.05) is 18.1 Å². The minimum atomic E-state index is -0.266. The number of hydrogen-bond acceptors (Lipinski definition) is 5. The number of fused-ring (bicyclic) bond motifs is 2. The van der Waals surface area contributed by atoms with Crippen LogP contribution in [0.2, 0.25) is 0 Å². The standard InChI is InChI=1S/C16H20N6O/c1-2-3-6-9-19-16(23)12-13-15(22(18)14(12)17)21-11-8-5-4-7-10(11)20-13/h4-5,7-8H,2-3,6,9,17-18H2,1H3,(H,19,23). The second-order valence-corrected chi connectivity index (χ2v) is 5.48.